The molecule has 22 heavy (non-hydrogen) atoms. The maximum Gasteiger partial charge on any atom is 0.242 e. The van der Waals surface area contributed by atoms with Crippen molar-refractivity contribution in [1.29, 1.82) is 0 Å². The second-order valence-corrected chi connectivity index (χ2v) is 5.81. The van der Waals surface area contributed by atoms with Gasteiger partial charge in [-0.05, 0) is 26.0 Å². The lowest BCUT2D eigenvalue weighted by atomic mass is 10.2. The molecular formula is C16H19N3O2S. The Morgan fingerprint density at radius 3 is 2.77 bits per heavy atom. The zero-order valence-corrected chi connectivity index (χ0v) is 13.4. The topological polar surface area (TPSA) is 71.1 Å². The van der Waals surface area contributed by atoms with Crippen molar-refractivity contribution >= 4 is 34.5 Å². The number of para-hydroxylation sites is 1. The van der Waals surface area contributed by atoms with Crippen LogP contribution in [-0.4, -0.2) is 35.1 Å². The highest BCUT2D eigenvalue weighted by atomic mass is 32.2. The number of likely N-dealkylation sites (N-methyl/N-ethyl adjacent to an activating group) is 1. The fraction of sp³-hybridized carbons (Fsp3) is 0.312. The Hall–Kier alpha value is -2.08. The molecule has 0 saturated carbocycles. The summed E-state index contributed by atoms with van der Waals surface area (Å²) in [6, 6.07) is 11.2. The van der Waals surface area contributed by atoms with Crippen LogP contribution in [0.2, 0.25) is 0 Å². The van der Waals surface area contributed by atoms with Gasteiger partial charge in [0.2, 0.25) is 11.8 Å². The predicted octanol–water partition coefficient (Wildman–Crippen LogP) is 1.97. The first-order valence-electron chi connectivity index (χ1n) is 7.16. The average molecular weight is 317 g/mol. The molecule has 0 fully saturated rings. The monoisotopic (exact) mass is 317 g/mol. The molecule has 1 heterocycles. The summed E-state index contributed by atoms with van der Waals surface area (Å²) >= 11 is 1.36. The fourth-order valence-corrected chi connectivity index (χ4v) is 2.63. The highest BCUT2D eigenvalue weighted by Crippen LogP contribution is 2.19. The summed E-state index contributed by atoms with van der Waals surface area (Å²) in [4.78, 5) is 27.9. The molecule has 2 rings (SSSR count). The van der Waals surface area contributed by atoms with Crippen molar-refractivity contribution < 1.29 is 9.59 Å². The number of nitrogens with one attached hydrogen (secondary N) is 2. The van der Waals surface area contributed by atoms with E-state index in [-0.39, 0.29) is 17.6 Å². The number of hydrogen-bond donors (Lipinski definition) is 2. The normalized spacial score (nSPS) is 11.9. The molecule has 5 nitrogen and oxygen atoms in total. The molecule has 2 aromatic rings. The van der Waals surface area contributed by atoms with Gasteiger partial charge in [0, 0.05) is 11.9 Å². The Kier molecular flexibility index (Phi) is 5.77. The van der Waals surface area contributed by atoms with Gasteiger partial charge in [-0.3, -0.25) is 9.59 Å². The maximum atomic E-state index is 11.9. The molecule has 0 radical (unpaired) electrons. The molecule has 0 aliphatic heterocycles. The average Bonchev–Trinajstić information content (AvgIpc) is 2.53. The number of rotatable bonds is 6. The van der Waals surface area contributed by atoms with Gasteiger partial charge >= 0.3 is 0 Å². The Bertz CT molecular complexity index is 675. The molecule has 0 aliphatic rings. The molecule has 0 spiro atoms. The molecule has 2 amide bonds. The van der Waals surface area contributed by atoms with Crippen molar-refractivity contribution in [3.05, 3.63) is 36.4 Å². The van der Waals surface area contributed by atoms with Crippen LogP contribution in [0, 0.1) is 0 Å². The third-order valence-electron chi connectivity index (χ3n) is 3.05. The van der Waals surface area contributed by atoms with E-state index in [0.29, 0.717) is 6.54 Å². The van der Waals surface area contributed by atoms with Crippen molar-refractivity contribution in [2.75, 3.05) is 12.3 Å². The molecule has 0 unspecified atom stereocenters. The molecule has 0 aliphatic carbocycles. The van der Waals surface area contributed by atoms with Gasteiger partial charge in [-0.2, -0.15) is 0 Å². The number of amides is 2. The quantitative estimate of drug-likeness (QED) is 0.799. The SMILES string of the molecule is CCNC(=O)[C@@H](C)NC(=O)CSc1ccc2ccccc2n1. The Morgan fingerprint density at radius 2 is 2.00 bits per heavy atom. The van der Waals surface area contributed by atoms with Gasteiger partial charge in [0.25, 0.3) is 0 Å². The smallest absolute Gasteiger partial charge is 0.242 e. The number of hydrogen-bond acceptors (Lipinski definition) is 4. The van der Waals surface area contributed by atoms with E-state index in [2.05, 4.69) is 15.6 Å². The van der Waals surface area contributed by atoms with Crippen LogP contribution < -0.4 is 10.6 Å². The summed E-state index contributed by atoms with van der Waals surface area (Å²) < 4.78 is 0. The molecule has 6 heteroatoms. The Balaban J connectivity index is 1.88. The first-order valence-corrected chi connectivity index (χ1v) is 8.14. The second kappa shape index (κ2) is 7.79. The number of carbonyl (C=O) groups is 2. The first-order chi connectivity index (χ1) is 10.6. The molecule has 116 valence electrons. The van der Waals surface area contributed by atoms with E-state index in [0.717, 1.165) is 15.9 Å². The van der Waals surface area contributed by atoms with E-state index in [4.69, 9.17) is 0 Å². The van der Waals surface area contributed by atoms with E-state index < -0.39 is 6.04 Å². The third-order valence-corrected chi connectivity index (χ3v) is 3.98. The van der Waals surface area contributed by atoms with Gasteiger partial charge in [-0.25, -0.2) is 4.98 Å². The number of fused-ring (bicyclic) bond motifs is 1. The van der Waals surface area contributed by atoms with Crippen LogP contribution in [0.3, 0.4) is 0 Å². The summed E-state index contributed by atoms with van der Waals surface area (Å²) in [5.41, 5.74) is 0.906. The van der Waals surface area contributed by atoms with Crippen LogP contribution in [0.25, 0.3) is 10.9 Å². The molecular weight excluding hydrogens is 298 g/mol. The molecule has 1 atom stereocenters. The zero-order chi connectivity index (χ0) is 15.9. The minimum absolute atomic E-state index is 0.176. The highest BCUT2D eigenvalue weighted by molar-refractivity contribution is 7.99. The van der Waals surface area contributed by atoms with Crippen molar-refractivity contribution in [1.82, 2.24) is 15.6 Å². The van der Waals surface area contributed by atoms with Gasteiger partial charge in [0.05, 0.1) is 16.3 Å². The fourth-order valence-electron chi connectivity index (χ4n) is 1.94. The predicted molar refractivity (Wildman–Crippen MR) is 88.8 cm³/mol. The van der Waals surface area contributed by atoms with Crippen LogP contribution in [0.4, 0.5) is 0 Å². The van der Waals surface area contributed by atoms with E-state index in [1.807, 2.05) is 43.3 Å². The summed E-state index contributed by atoms with van der Waals surface area (Å²) in [5.74, 6) is -0.127. The van der Waals surface area contributed by atoms with E-state index in [9.17, 15) is 9.59 Å². The number of thioether (sulfide) groups is 1. The van der Waals surface area contributed by atoms with Crippen LogP contribution in [0.1, 0.15) is 13.8 Å². The Labute approximate surface area is 133 Å². The van der Waals surface area contributed by atoms with E-state index in [1.165, 1.54) is 11.8 Å². The largest absolute Gasteiger partial charge is 0.355 e. The molecule has 1 aromatic heterocycles. The van der Waals surface area contributed by atoms with Crippen molar-refractivity contribution in [2.24, 2.45) is 0 Å². The number of carbonyl (C=O) groups excluding carboxylic acids is 2. The third kappa shape index (κ3) is 4.46. The lowest BCUT2D eigenvalue weighted by Crippen LogP contribution is -2.45. The minimum atomic E-state index is -0.530. The highest BCUT2D eigenvalue weighted by Gasteiger charge is 2.14. The molecule has 0 bridgehead atoms. The van der Waals surface area contributed by atoms with Crippen LogP contribution >= 0.6 is 11.8 Å². The lowest BCUT2D eigenvalue weighted by Gasteiger charge is -2.13. The van der Waals surface area contributed by atoms with Gasteiger partial charge in [0.1, 0.15) is 6.04 Å². The van der Waals surface area contributed by atoms with E-state index in [1.54, 1.807) is 6.92 Å². The van der Waals surface area contributed by atoms with E-state index >= 15 is 0 Å². The second-order valence-electron chi connectivity index (χ2n) is 4.81. The number of aromatic nitrogens is 1. The summed E-state index contributed by atoms with van der Waals surface area (Å²) in [6.45, 7) is 4.06. The Morgan fingerprint density at radius 1 is 1.23 bits per heavy atom. The van der Waals surface area contributed by atoms with Crippen LogP contribution in [-0.2, 0) is 9.59 Å². The van der Waals surface area contributed by atoms with Gasteiger partial charge in [0.15, 0.2) is 0 Å². The number of benzene rings is 1. The van der Waals surface area contributed by atoms with Crippen LogP contribution in [0.5, 0.6) is 0 Å². The number of pyridine rings is 1. The number of nitrogens with zero attached hydrogens (tertiary/aromatic N) is 1. The van der Waals surface area contributed by atoms with Gasteiger partial charge in [-0.15, -0.1) is 0 Å². The first kappa shape index (κ1) is 16.3. The zero-order valence-electron chi connectivity index (χ0n) is 12.6. The van der Waals surface area contributed by atoms with Gasteiger partial charge < -0.3 is 10.6 Å². The van der Waals surface area contributed by atoms with Crippen molar-refractivity contribution in [3.63, 3.8) is 0 Å². The molecule has 0 saturated heterocycles. The lowest BCUT2D eigenvalue weighted by molar-refractivity contribution is -0.127. The summed E-state index contributed by atoms with van der Waals surface area (Å²) in [7, 11) is 0. The molecule has 1 aromatic carbocycles. The van der Waals surface area contributed by atoms with Crippen molar-refractivity contribution in [3.8, 4) is 0 Å². The minimum Gasteiger partial charge on any atom is -0.355 e. The summed E-state index contributed by atoms with van der Waals surface area (Å²) in [6.07, 6.45) is 0. The van der Waals surface area contributed by atoms with Crippen LogP contribution in [0.15, 0.2) is 41.4 Å². The summed E-state index contributed by atoms with van der Waals surface area (Å²) in [5, 5.41) is 7.21. The van der Waals surface area contributed by atoms with Gasteiger partial charge in [-0.1, -0.05) is 36.0 Å². The molecule has 2 N–H and O–H groups in total. The van der Waals surface area contributed by atoms with Crippen molar-refractivity contribution in [2.45, 2.75) is 24.9 Å². The standard InChI is InChI=1S/C16H19N3O2S/c1-3-17-16(21)11(2)18-14(20)10-22-15-9-8-12-6-4-5-7-13(12)19-15/h4-9,11H,3,10H2,1-2H3,(H,17,21)(H,18,20)/t11-/m1/s1. The maximum absolute atomic E-state index is 11.9.